The van der Waals surface area contributed by atoms with Crippen molar-refractivity contribution in [3.63, 3.8) is 0 Å². The molecule has 0 nitrogen and oxygen atoms in total. The van der Waals surface area contributed by atoms with Gasteiger partial charge < -0.3 is 0 Å². The number of hydrogen-bond acceptors (Lipinski definition) is 0. The molecule has 0 fully saturated rings. The molecule has 0 aliphatic heterocycles. The second-order valence-corrected chi connectivity index (χ2v) is 22.5. The second-order valence-electron chi connectivity index (χ2n) is 22.5. The van der Waals surface area contributed by atoms with Gasteiger partial charge in [0, 0.05) is 5.92 Å². The molecule has 0 saturated heterocycles. The van der Waals surface area contributed by atoms with Crippen molar-refractivity contribution >= 4 is 53.9 Å². The van der Waals surface area contributed by atoms with E-state index in [0.29, 0.717) is 0 Å². The third-order valence-corrected chi connectivity index (χ3v) is 17.7. The summed E-state index contributed by atoms with van der Waals surface area (Å²) in [5, 5.41) is 12.7. The predicted molar refractivity (Wildman–Crippen MR) is 349 cm³/mol. The molecule has 0 amide bonds. The summed E-state index contributed by atoms with van der Waals surface area (Å²) >= 11 is 0. The fraction of sp³-hybridized carbons (Fsp3) is 0.0864. The van der Waals surface area contributed by atoms with Crippen molar-refractivity contribution in [3.05, 3.63) is 311 Å². The van der Waals surface area contributed by atoms with Crippen molar-refractivity contribution in [2.75, 3.05) is 0 Å². The molecular formula is C81H62. The molecule has 0 unspecified atom stereocenters. The maximum Gasteiger partial charge on any atom is 0.0348 e. The predicted octanol–water partition coefficient (Wildman–Crippen LogP) is 22.5. The van der Waals surface area contributed by atoms with E-state index in [1.54, 1.807) is 0 Å². The maximum absolute atomic E-state index is 2.52. The molecule has 0 aliphatic rings. The molecule has 0 saturated carbocycles. The second kappa shape index (κ2) is 20.2. The number of aryl methyl sites for hydroxylation is 6. The molecule has 0 heterocycles. The van der Waals surface area contributed by atoms with E-state index in [0.717, 1.165) is 0 Å². The van der Waals surface area contributed by atoms with Gasteiger partial charge in [-0.05, 0) is 212 Å². The Morgan fingerprint density at radius 2 is 0.444 bits per heavy atom. The van der Waals surface area contributed by atoms with Crippen LogP contribution in [0.2, 0.25) is 0 Å². The van der Waals surface area contributed by atoms with Gasteiger partial charge in [0.05, 0.1) is 0 Å². The Kier molecular flexibility index (Phi) is 12.4. The molecule has 14 aromatic carbocycles. The first-order valence-corrected chi connectivity index (χ1v) is 28.6. The summed E-state index contributed by atoms with van der Waals surface area (Å²) in [7, 11) is 0. The minimum absolute atomic E-state index is 0.0357. The van der Waals surface area contributed by atoms with E-state index < -0.39 is 0 Å². The van der Waals surface area contributed by atoms with Crippen LogP contribution in [0.25, 0.3) is 121 Å². The average molecular weight is 1040 g/mol. The van der Waals surface area contributed by atoms with Crippen molar-refractivity contribution in [2.24, 2.45) is 0 Å². The molecule has 14 aromatic rings. The van der Waals surface area contributed by atoms with E-state index >= 15 is 0 Å². The Morgan fingerprint density at radius 1 is 0.185 bits per heavy atom. The van der Waals surface area contributed by atoms with Crippen LogP contribution in [0.3, 0.4) is 0 Å². The monoisotopic (exact) mass is 1030 g/mol. The summed E-state index contributed by atoms with van der Waals surface area (Å²) in [6.45, 7) is 14.0. The van der Waals surface area contributed by atoms with Crippen LogP contribution < -0.4 is 0 Å². The SMILES string of the molecule is Cc1cc(C(c2cc(C)c(-c3ccc(-c4cccc5ccccc45)c4ccccc34)cc2C)c2cc(C)c(-c3ccc(-c4cccc5ccccc45)c4ccccc34)cc2C)c(C)cc1-c1ccc(-c2ccccc2)c2ccccc12. The van der Waals surface area contributed by atoms with E-state index in [1.807, 2.05) is 0 Å². The largest absolute Gasteiger partial charge is 0.0622 e. The first kappa shape index (κ1) is 49.7. The van der Waals surface area contributed by atoms with Gasteiger partial charge in [0.25, 0.3) is 0 Å². The average Bonchev–Trinajstić information content (AvgIpc) is 3.65. The molecular weight excluding hydrogens is 973 g/mol. The van der Waals surface area contributed by atoms with Crippen molar-refractivity contribution < 1.29 is 0 Å². The van der Waals surface area contributed by atoms with Gasteiger partial charge in [0.1, 0.15) is 0 Å². The molecule has 0 spiro atoms. The highest BCUT2D eigenvalue weighted by Gasteiger charge is 2.27. The van der Waals surface area contributed by atoms with E-state index in [-0.39, 0.29) is 5.92 Å². The van der Waals surface area contributed by atoms with Crippen molar-refractivity contribution in [3.8, 4) is 66.8 Å². The quantitative estimate of drug-likeness (QED) is 0.126. The zero-order valence-electron chi connectivity index (χ0n) is 46.9. The van der Waals surface area contributed by atoms with E-state index in [9.17, 15) is 0 Å². The fourth-order valence-corrected chi connectivity index (χ4v) is 13.7. The lowest BCUT2D eigenvalue weighted by molar-refractivity contribution is 0.930. The smallest absolute Gasteiger partial charge is 0.0348 e. The normalized spacial score (nSPS) is 11.7. The van der Waals surface area contributed by atoms with Crippen LogP contribution in [0.1, 0.15) is 56.0 Å². The molecule has 0 bridgehead atoms. The molecule has 0 aromatic heterocycles. The van der Waals surface area contributed by atoms with Gasteiger partial charge in [-0.1, -0.05) is 261 Å². The van der Waals surface area contributed by atoms with Gasteiger partial charge >= 0.3 is 0 Å². The standard InChI is InChI=1S/C81H62/c1-50-47-78(53(4)44-75(50)72-39-38-61(56-22-8-7-9-23-56)62-30-14-15-31-65(62)72)81(79-48-51(2)76(45-54(79)5)73-42-40-70(66-32-16-18-34-68(66)73)63-36-20-26-57-24-10-12-28-59(57)63)80-49-52(3)77(46-55(80)6)74-43-41-71(67-33-17-19-35-69(67)74)64-37-21-27-58-25-11-13-29-60(58)64/h7-49,81H,1-6H3. The van der Waals surface area contributed by atoms with Crippen LogP contribution in [0.15, 0.2) is 261 Å². The van der Waals surface area contributed by atoms with Gasteiger partial charge in [-0.3, -0.25) is 0 Å². The zero-order chi connectivity index (χ0) is 54.9. The lowest BCUT2D eigenvalue weighted by atomic mass is 9.75. The summed E-state index contributed by atoms with van der Waals surface area (Å²) in [6, 6.07) is 97.6. The summed E-state index contributed by atoms with van der Waals surface area (Å²) in [5.41, 5.74) is 26.8. The van der Waals surface area contributed by atoms with Crippen molar-refractivity contribution in [1.29, 1.82) is 0 Å². The van der Waals surface area contributed by atoms with Gasteiger partial charge in [-0.2, -0.15) is 0 Å². The van der Waals surface area contributed by atoms with Gasteiger partial charge in [0.15, 0.2) is 0 Å². The highest BCUT2D eigenvalue weighted by Crippen LogP contribution is 2.47. The lowest BCUT2D eigenvalue weighted by Crippen LogP contribution is -2.11. The Bertz CT molecular complexity index is 4590. The number of fused-ring (bicyclic) bond motifs is 5. The van der Waals surface area contributed by atoms with Crippen molar-refractivity contribution in [2.45, 2.75) is 47.5 Å². The van der Waals surface area contributed by atoms with Gasteiger partial charge in [0.2, 0.25) is 0 Å². The minimum atomic E-state index is -0.0357. The van der Waals surface area contributed by atoms with Crippen LogP contribution in [0, 0.1) is 41.5 Å². The van der Waals surface area contributed by atoms with Crippen LogP contribution in [-0.4, -0.2) is 0 Å². The molecule has 81 heavy (non-hydrogen) atoms. The van der Waals surface area contributed by atoms with Crippen LogP contribution >= 0.6 is 0 Å². The minimum Gasteiger partial charge on any atom is -0.0622 e. The number of hydrogen-bond donors (Lipinski definition) is 0. The molecule has 0 aliphatic carbocycles. The molecule has 0 atom stereocenters. The van der Waals surface area contributed by atoms with Crippen LogP contribution in [0.5, 0.6) is 0 Å². The van der Waals surface area contributed by atoms with Gasteiger partial charge in [-0.15, -0.1) is 0 Å². The number of rotatable bonds is 9. The summed E-state index contributed by atoms with van der Waals surface area (Å²) in [4.78, 5) is 0. The number of benzene rings is 14. The molecule has 386 valence electrons. The Balaban J connectivity index is 0.931. The van der Waals surface area contributed by atoms with Crippen LogP contribution in [0.4, 0.5) is 0 Å². The molecule has 0 N–H and O–H groups in total. The lowest BCUT2D eigenvalue weighted by Gasteiger charge is -2.28. The first-order chi connectivity index (χ1) is 39.7. The molecule has 14 rings (SSSR count). The fourth-order valence-electron chi connectivity index (χ4n) is 13.7. The Labute approximate surface area is 476 Å². The summed E-state index contributed by atoms with van der Waals surface area (Å²) in [6.07, 6.45) is 0. The maximum atomic E-state index is 2.52. The van der Waals surface area contributed by atoms with E-state index in [4.69, 9.17) is 0 Å². The highest BCUT2D eigenvalue weighted by molar-refractivity contribution is 6.12. The van der Waals surface area contributed by atoms with Crippen molar-refractivity contribution in [1.82, 2.24) is 0 Å². The molecule has 0 radical (unpaired) electrons. The Morgan fingerprint density at radius 3 is 0.802 bits per heavy atom. The molecule has 0 heteroatoms. The zero-order valence-corrected chi connectivity index (χ0v) is 46.9. The summed E-state index contributed by atoms with van der Waals surface area (Å²) < 4.78 is 0. The van der Waals surface area contributed by atoms with E-state index in [2.05, 4.69) is 302 Å². The third-order valence-electron chi connectivity index (χ3n) is 17.7. The summed E-state index contributed by atoms with van der Waals surface area (Å²) in [5.74, 6) is -0.0357. The topological polar surface area (TPSA) is 0 Å². The Hall–Kier alpha value is -9.62. The van der Waals surface area contributed by atoms with Gasteiger partial charge in [-0.25, -0.2) is 0 Å². The van der Waals surface area contributed by atoms with Crippen LogP contribution in [-0.2, 0) is 0 Å². The highest BCUT2D eigenvalue weighted by atomic mass is 14.3. The van der Waals surface area contributed by atoms with E-state index in [1.165, 1.54) is 171 Å². The first-order valence-electron chi connectivity index (χ1n) is 28.6. The third kappa shape index (κ3) is 8.53.